The van der Waals surface area contributed by atoms with E-state index in [1.54, 1.807) is 0 Å². The van der Waals surface area contributed by atoms with Crippen molar-refractivity contribution >= 4 is 0 Å². The molecule has 3 aliphatic rings. The number of ether oxygens (including phenoxy) is 2. The van der Waals surface area contributed by atoms with Gasteiger partial charge in [-0.25, -0.2) is 0 Å². The molecule has 3 rings (SSSR count). The summed E-state index contributed by atoms with van der Waals surface area (Å²) >= 11 is 0. The van der Waals surface area contributed by atoms with Gasteiger partial charge in [0.05, 0.1) is 23.4 Å². The van der Waals surface area contributed by atoms with E-state index in [0.717, 1.165) is 25.7 Å². The molecule has 0 amide bonds. The fourth-order valence-corrected chi connectivity index (χ4v) is 3.18. The molecule has 2 heteroatoms. The number of hydrogen-bond acceptors (Lipinski definition) is 2. The number of epoxide rings is 2. The first kappa shape index (κ1) is 11.7. The summed E-state index contributed by atoms with van der Waals surface area (Å²) in [5, 5.41) is 0. The Morgan fingerprint density at radius 3 is 2.47 bits per heavy atom. The lowest BCUT2D eigenvalue weighted by atomic mass is 9.84. The maximum absolute atomic E-state index is 5.92. The lowest BCUT2D eigenvalue weighted by molar-refractivity contribution is 0.267. The maximum Gasteiger partial charge on any atom is 0.0954 e. The summed E-state index contributed by atoms with van der Waals surface area (Å²) in [6.07, 6.45) is 10.1. The van der Waals surface area contributed by atoms with E-state index in [0.29, 0.717) is 12.2 Å². The first-order valence-corrected chi connectivity index (χ1v) is 6.86. The van der Waals surface area contributed by atoms with Gasteiger partial charge in [0.25, 0.3) is 0 Å². The summed E-state index contributed by atoms with van der Waals surface area (Å²) in [6, 6.07) is 0. The average Bonchev–Trinajstić information content (AvgIpc) is 3.01. The molecule has 0 radical (unpaired) electrons. The van der Waals surface area contributed by atoms with E-state index in [9.17, 15) is 0 Å². The Bertz CT molecular complexity index is 360. The van der Waals surface area contributed by atoms with Gasteiger partial charge in [0.2, 0.25) is 0 Å². The Morgan fingerprint density at radius 2 is 1.71 bits per heavy atom. The lowest BCUT2D eigenvalue weighted by Gasteiger charge is -2.19. The van der Waals surface area contributed by atoms with Gasteiger partial charge in [-0.1, -0.05) is 26.0 Å². The molecule has 0 aromatic heterocycles. The fraction of sp³-hybridized carbons (Fsp3) is 0.867. The van der Waals surface area contributed by atoms with Crippen LogP contribution in [0.25, 0.3) is 0 Å². The van der Waals surface area contributed by atoms with Crippen LogP contribution in [0.1, 0.15) is 53.4 Å². The largest absolute Gasteiger partial charge is 0.366 e. The Morgan fingerprint density at radius 1 is 1.00 bits per heavy atom. The van der Waals surface area contributed by atoms with Crippen LogP contribution in [-0.2, 0) is 9.47 Å². The van der Waals surface area contributed by atoms with Crippen LogP contribution in [0.5, 0.6) is 0 Å². The van der Waals surface area contributed by atoms with Gasteiger partial charge in [0.15, 0.2) is 0 Å². The molecule has 2 unspecified atom stereocenters. The molecule has 0 aromatic carbocycles. The molecule has 0 N–H and O–H groups in total. The minimum absolute atomic E-state index is 0.109. The zero-order chi connectivity index (χ0) is 12.3. The van der Waals surface area contributed by atoms with Crippen molar-refractivity contribution in [3.8, 4) is 0 Å². The molecule has 17 heavy (non-hydrogen) atoms. The summed E-state index contributed by atoms with van der Waals surface area (Å²) in [6.45, 7) is 9.10. The molecule has 0 bridgehead atoms. The monoisotopic (exact) mass is 236 g/mol. The number of fused-ring (bicyclic) bond motifs is 2. The smallest absolute Gasteiger partial charge is 0.0954 e. The zero-order valence-electron chi connectivity index (χ0n) is 11.5. The highest BCUT2D eigenvalue weighted by molar-refractivity contribution is 5.12. The Kier molecular flexibility index (Phi) is 2.32. The van der Waals surface area contributed by atoms with Crippen molar-refractivity contribution in [1.82, 2.24) is 0 Å². The molecule has 2 nitrogen and oxygen atoms in total. The van der Waals surface area contributed by atoms with Gasteiger partial charge < -0.3 is 9.47 Å². The Balaban J connectivity index is 1.77. The van der Waals surface area contributed by atoms with E-state index in [-0.39, 0.29) is 16.6 Å². The van der Waals surface area contributed by atoms with Crippen LogP contribution in [0, 0.1) is 5.41 Å². The van der Waals surface area contributed by atoms with Crippen molar-refractivity contribution in [2.45, 2.75) is 76.8 Å². The van der Waals surface area contributed by atoms with Gasteiger partial charge in [-0.3, -0.25) is 0 Å². The van der Waals surface area contributed by atoms with E-state index < -0.39 is 0 Å². The summed E-state index contributed by atoms with van der Waals surface area (Å²) < 4.78 is 11.8. The second-order valence-corrected chi connectivity index (χ2v) is 7.18. The molecular formula is C15H24O2. The van der Waals surface area contributed by atoms with E-state index >= 15 is 0 Å². The highest BCUT2D eigenvalue weighted by Crippen LogP contribution is 2.51. The van der Waals surface area contributed by atoms with Gasteiger partial charge in [0.1, 0.15) is 0 Å². The third kappa shape index (κ3) is 2.17. The summed E-state index contributed by atoms with van der Waals surface area (Å²) in [7, 11) is 0. The third-order valence-corrected chi connectivity index (χ3v) is 4.78. The van der Waals surface area contributed by atoms with E-state index in [2.05, 4.69) is 39.8 Å². The molecular weight excluding hydrogens is 212 g/mol. The molecule has 2 saturated heterocycles. The molecule has 96 valence electrons. The number of hydrogen-bond donors (Lipinski definition) is 0. The van der Waals surface area contributed by atoms with Gasteiger partial charge in [-0.05, 0) is 44.9 Å². The van der Waals surface area contributed by atoms with E-state index in [4.69, 9.17) is 9.47 Å². The summed E-state index contributed by atoms with van der Waals surface area (Å²) in [5.41, 5.74) is 0.480. The predicted molar refractivity (Wildman–Crippen MR) is 67.9 cm³/mol. The van der Waals surface area contributed by atoms with Crippen molar-refractivity contribution in [3.63, 3.8) is 0 Å². The van der Waals surface area contributed by atoms with Gasteiger partial charge in [-0.2, -0.15) is 0 Å². The van der Waals surface area contributed by atoms with Crippen molar-refractivity contribution < 1.29 is 9.47 Å². The fourth-order valence-electron chi connectivity index (χ4n) is 3.18. The topological polar surface area (TPSA) is 25.1 Å². The molecule has 0 saturated carbocycles. The van der Waals surface area contributed by atoms with Gasteiger partial charge >= 0.3 is 0 Å². The van der Waals surface area contributed by atoms with Crippen LogP contribution in [-0.4, -0.2) is 23.4 Å². The van der Waals surface area contributed by atoms with Crippen LogP contribution < -0.4 is 0 Å². The second kappa shape index (κ2) is 3.36. The SMILES string of the molecule is CC1(C)/C=C\C[C@@]2(C)OC2CC[C@]2(C)OC2C1. The van der Waals surface area contributed by atoms with Crippen molar-refractivity contribution in [3.05, 3.63) is 12.2 Å². The van der Waals surface area contributed by atoms with Crippen LogP contribution >= 0.6 is 0 Å². The Labute approximate surface area is 104 Å². The van der Waals surface area contributed by atoms with Crippen molar-refractivity contribution in [2.24, 2.45) is 5.41 Å². The minimum Gasteiger partial charge on any atom is -0.366 e. The highest BCUT2D eigenvalue weighted by atomic mass is 16.6. The highest BCUT2D eigenvalue weighted by Gasteiger charge is 2.57. The molecule has 2 aliphatic heterocycles. The molecule has 2 fully saturated rings. The standard InChI is InChI=1S/C15H24O2/c1-13(2)7-5-8-14(3)11(16-14)6-9-15(4)12(10-13)17-15/h5,7,11-12H,6,8-10H2,1-4H3/b7-5-/t11?,12?,14-,15+/m1/s1. The Hall–Kier alpha value is -0.340. The molecule has 2 heterocycles. The van der Waals surface area contributed by atoms with Crippen LogP contribution in [0.3, 0.4) is 0 Å². The number of allylic oxidation sites excluding steroid dienone is 1. The number of rotatable bonds is 0. The first-order valence-electron chi connectivity index (χ1n) is 6.86. The molecule has 0 aromatic rings. The average molecular weight is 236 g/mol. The maximum atomic E-state index is 5.92. The first-order chi connectivity index (χ1) is 7.83. The predicted octanol–water partition coefficient (Wildman–Crippen LogP) is 3.46. The minimum atomic E-state index is 0.109. The molecule has 0 spiro atoms. The van der Waals surface area contributed by atoms with Gasteiger partial charge in [-0.15, -0.1) is 0 Å². The third-order valence-electron chi connectivity index (χ3n) is 4.78. The molecule has 4 atom stereocenters. The normalized spacial score (nSPS) is 53.9. The zero-order valence-corrected chi connectivity index (χ0v) is 11.5. The summed E-state index contributed by atoms with van der Waals surface area (Å²) in [4.78, 5) is 0. The summed E-state index contributed by atoms with van der Waals surface area (Å²) in [5.74, 6) is 0. The van der Waals surface area contributed by atoms with Crippen molar-refractivity contribution in [1.29, 1.82) is 0 Å². The van der Waals surface area contributed by atoms with Crippen LogP contribution in [0.4, 0.5) is 0 Å². The van der Waals surface area contributed by atoms with Crippen LogP contribution in [0.2, 0.25) is 0 Å². The second-order valence-electron chi connectivity index (χ2n) is 7.18. The van der Waals surface area contributed by atoms with E-state index in [1.807, 2.05) is 0 Å². The van der Waals surface area contributed by atoms with Crippen molar-refractivity contribution in [2.75, 3.05) is 0 Å². The van der Waals surface area contributed by atoms with E-state index in [1.165, 1.54) is 0 Å². The van der Waals surface area contributed by atoms with Crippen LogP contribution in [0.15, 0.2) is 12.2 Å². The van der Waals surface area contributed by atoms with Gasteiger partial charge in [0, 0.05) is 0 Å². The lowest BCUT2D eigenvalue weighted by Crippen LogP contribution is -2.17. The molecule has 1 aliphatic carbocycles. The quantitative estimate of drug-likeness (QED) is 0.475.